The highest BCUT2D eigenvalue weighted by molar-refractivity contribution is 8.13. The zero-order valence-electron chi connectivity index (χ0n) is 10.8. The Hall–Kier alpha value is 0.130. The van der Waals surface area contributed by atoms with Crippen LogP contribution in [0.4, 0.5) is 0 Å². The molecule has 17 heavy (non-hydrogen) atoms. The number of thioether (sulfide) groups is 2. The summed E-state index contributed by atoms with van der Waals surface area (Å²) in [5.74, 6) is 4.53. The Bertz CT molecular complexity index is 264. The van der Waals surface area contributed by atoms with E-state index in [4.69, 9.17) is 0 Å². The molecule has 2 saturated heterocycles. The van der Waals surface area contributed by atoms with Crippen LogP contribution in [-0.2, 0) is 0 Å². The van der Waals surface area contributed by atoms with Crippen LogP contribution in [0.2, 0.25) is 0 Å². The molecule has 1 N–H and O–H groups in total. The third kappa shape index (κ3) is 4.38. The first-order valence-corrected chi connectivity index (χ1v) is 8.63. The standard InChI is InChI=1S/C12H23N3S2/c1-10-9-17-12(14-11(10)2)13-3-4-15-5-7-16-8-6-15/h10-11H,3-9H2,1-2H3,(H,13,14). The number of hydrogen-bond acceptors (Lipinski definition) is 4. The van der Waals surface area contributed by atoms with Crippen LogP contribution in [0.25, 0.3) is 0 Å². The van der Waals surface area contributed by atoms with Gasteiger partial charge in [-0.1, -0.05) is 18.7 Å². The van der Waals surface area contributed by atoms with Crippen LogP contribution in [0, 0.1) is 5.92 Å². The molecular weight excluding hydrogens is 250 g/mol. The van der Waals surface area contributed by atoms with Crippen LogP contribution in [0.1, 0.15) is 13.8 Å². The molecule has 3 nitrogen and oxygen atoms in total. The van der Waals surface area contributed by atoms with Gasteiger partial charge in [-0.15, -0.1) is 0 Å². The van der Waals surface area contributed by atoms with Gasteiger partial charge in [0.1, 0.15) is 0 Å². The van der Waals surface area contributed by atoms with Crippen LogP contribution in [0.15, 0.2) is 4.99 Å². The molecule has 0 aromatic rings. The highest BCUT2D eigenvalue weighted by Crippen LogP contribution is 2.19. The van der Waals surface area contributed by atoms with Crippen molar-refractivity contribution in [2.75, 3.05) is 43.4 Å². The van der Waals surface area contributed by atoms with E-state index in [0.717, 1.165) is 24.2 Å². The highest BCUT2D eigenvalue weighted by atomic mass is 32.2. The molecular formula is C12H23N3S2. The first kappa shape index (κ1) is 13.6. The van der Waals surface area contributed by atoms with E-state index in [1.165, 1.54) is 30.3 Å². The number of nitrogens with one attached hydrogen (secondary N) is 1. The lowest BCUT2D eigenvalue weighted by atomic mass is 10.1. The zero-order valence-corrected chi connectivity index (χ0v) is 12.4. The largest absolute Gasteiger partial charge is 0.362 e. The molecule has 0 amide bonds. The summed E-state index contributed by atoms with van der Waals surface area (Å²) < 4.78 is 0. The number of hydrogen-bond donors (Lipinski definition) is 1. The van der Waals surface area contributed by atoms with Crippen molar-refractivity contribution in [1.29, 1.82) is 0 Å². The van der Waals surface area contributed by atoms with Gasteiger partial charge in [0.25, 0.3) is 0 Å². The molecule has 0 aromatic heterocycles. The average Bonchev–Trinajstić information content (AvgIpc) is 2.35. The maximum Gasteiger partial charge on any atom is 0.156 e. The molecule has 0 bridgehead atoms. The molecule has 98 valence electrons. The van der Waals surface area contributed by atoms with E-state index in [2.05, 4.69) is 40.8 Å². The minimum atomic E-state index is 0.571. The topological polar surface area (TPSA) is 27.6 Å². The second-order valence-corrected chi connectivity index (χ2v) is 7.10. The summed E-state index contributed by atoms with van der Waals surface area (Å²) >= 11 is 3.94. The molecule has 2 atom stereocenters. The van der Waals surface area contributed by atoms with Gasteiger partial charge in [0.2, 0.25) is 0 Å². The SMILES string of the molecule is CC1CSC(=NCCN2CCSCC2)NC1C. The maximum atomic E-state index is 4.68. The van der Waals surface area contributed by atoms with E-state index >= 15 is 0 Å². The molecule has 0 radical (unpaired) electrons. The summed E-state index contributed by atoms with van der Waals surface area (Å²) in [6.07, 6.45) is 0. The lowest BCUT2D eigenvalue weighted by Crippen LogP contribution is -2.42. The van der Waals surface area contributed by atoms with Crippen molar-refractivity contribution in [3.05, 3.63) is 0 Å². The highest BCUT2D eigenvalue weighted by Gasteiger charge is 2.20. The number of rotatable bonds is 3. The normalized spacial score (nSPS) is 33.6. The van der Waals surface area contributed by atoms with Gasteiger partial charge in [-0.3, -0.25) is 9.89 Å². The fourth-order valence-electron chi connectivity index (χ4n) is 1.94. The molecule has 2 heterocycles. The summed E-state index contributed by atoms with van der Waals surface area (Å²) in [7, 11) is 0. The van der Waals surface area contributed by atoms with E-state index in [-0.39, 0.29) is 0 Å². The first-order valence-electron chi connectivity index (χ1n) is 6.49. The molecule has 0 saturated carbocycles. The molecule has 0 spiro atoms. The van der Waals surface area contributed by atoms with Crippen LogP contribution in [0.5, 0.6) is 0 Å². The Labute approximate surface area is 113 Å². The van der Waals surface area contributed by atoms with Gasteiger partial charge < -0.3 is 5.32 Å². The molecule has 0 aliphatic carbocycles. The Kier molecular flexibility index (Phi) is 5.50. The second kappa shape index (κ2) is 6.90. The van der Waals surface area contributed by atoms with Crippen molar-refractivity contribution in [1.82, 2.24) is 10.2 Å². The van der Waals surface area contributed by atoms with Crippen molar-refractivity contribution in [3.8, 4) is 0 Å². The predicted molar refractivity (Wildman–Crippen MR) is 80.3 cm³/mol. The Morgan fingerprint density at radius 1 is 1.35 bits per heavy atom. The van der Waals surface area contributed by atoms with Gasteiger partial charge >= 0.3 is 0 Å². The lowest BCUT2D eigenvalue weighted by Gasteiger charge is -2.29. The van der Waals surface area contributed by atoms with Crippen LogP contribution in [0.3, 0.4) is 0 Å². The lowest BCUT2D eigenvalue weighted by molar-refractivity contribution is 0.311. The minimum absolute atomic E-state index is 0.571. The molecule has 2 unspecified atom stereocenters. The third-order valence-electron chi connectivity index (χ3n) is 3.46. The quantitative estimate of drug-likeness (QED) is 0.848. The fraction of sp³-hybridized carbons (Fsp3) is 0.917. The van der Waals surface area contributed by atoms with Gasteiger partial charge in [-0.2, -0.15) is 11.8 Å². The van der Waals surface area contributed by atoms with Gasteiger partial charge in [0, 0.05) is 42.9 Å². The minimum Gasteiger partial charge on any atom is -0.362 e. The van der Waals surface area contributed by atoms with Crippen molar-refractivity contribution in [2.24, 2.45) is 10.9 Å². The van der Waals surface area contributed by atoms with Crippen molar-refractivity contribution in [2.45, 2.75) is 19.9 Å². The Morgan fingerprint density at radius 2 is 2.12 bits per heavy atom. The van der Waals surface area contributed by atoms with Crippen LogP contribution >= 0.6 is 23.5 Å². The summed E-state index contributed by atoms with van der Waals surface area (Å²) in [6.45, 7) is 9.10. The fourth-order valence-corrected chi connectivity index (χ4v) is 4.08. The number of nitrogens with zero attached hydrogens (tertiary/aromatic N) is 2. The average molecular weight is 273 g/mol. The Morgan fingerprint density at radius 3 is 2.82 bits per heavy atom. The first-order chi connectivity index (χ1) is 8.25. The molecule has 2 aliphatic heterocycles. The summed E-state index contributed by atoms with van der Waals surface area (Å²) in [5, 5.41) is 4.65. The van der Waals surface area contributed by atoms with Crippen molar-refractivity contribution in [3.63, 3.8) is 0 Å². The third-order valence-corrected chi connectivity index (χ3v) is 5.62. The van der Waals surface area contributed by atoms with E-state index in [9.17, 15) is 0 Å². The molecule has 2 aliphatic rings. The summed E-state index contributed by atoms with van der Waals surface area (Å²) in [5.41, 5.74) is 0. The summed E-state index contributed by atoms with van der Waals surface area (Å²) in [6, 6.07) is 0.571. The second-order valence-electron chi connectivity index (χ2n) is 4.86. The van der Waals surface area contributed by atoms with Crippen molar-refractivity contribution < 1.29 is 0 Å². The monoisotopic (exact) mass is 273 g/mol. The van der Waals surface area contributed by atoms with E-state index in [0.29, 0.717) is 6.04 Å². The zero-order chi connectivity index (χ0) is 12.1. The van der Waals surface area contributed by atoms with E-state index in [1.807, 2.05) is 11.8 Å². The smallest absolute Gasteiger partial charge is 0.156 e. The van der Waals surface area contributed by atoms with Gasteiger partial charge in [0.15, 0.2) is 5.17 Å². The van der Waals surface area contributed by atoms with E-state index in [1.54, 1.807) is 0 Å². The molecule has 5 heteroatoms. The Balaban J connectivity index is 1.69. The predicted octanol–water partition coefficient (Wildman–Crippen LogP) is 1.75. The number of aliphatic imine (C=N–C) groups is 1. The van der Waals surface area contributed by atoms with Crippen LogP contribution < -0.4 is 5.32 Å². The van der Waals surface area contributed by atoms with Gasteiger partial charge in [-0.25, -0.2) is 0 Å². The number of amidine groups is 1. The van der Waals surface area contributed by atoms with E-state index < -0.39 is 0 Å². The van der Waals surface area contributed by atoms with Gasteiger partial charge in [-0.05, 0) is 12.8 Å². The van der Waals surface area contributed by atoms with Crippen LogP contribution in [-0.4, -0.2) is 59.5 Å². The molecule has 0 aromatic carbocycles. The molecule has 2 fully saturated rings. The molecule has 2 rings (SSSR count). The summed E-state index contributed by atoms with van der Waals surface area (Å²) in [4.78, 5) is 7.21. The van der Waals surface area contributed by atoms with Crippen molar-refractivity contribution >= 4 is 28.7 Å². The van der Waals surface area contributed by atoms with Gasteiger partial charge in [0.05, 0.1) is 6.54 Å². The maximum absolute atomic E-state index is 4.68.